The van der Waals surface area contributed by atoms with Crippen LogP contribution in [0.5, 0.6) is 5.75 Å². The second kappa shape index (κ2) is 5.61. The van der Waals surface area contributed by atoms with E-state index < -0.39 is 5.92 Å². The molecule has 0 saturated carbocycles. The summed E-state index contributed by atoms with van der Waals surface area (Å²) < 4.78 is 4.95. The fourth-order valence-corrected chi connectivity index (χ4v) is 2.91. The Balaban J connectivity index is 2.41. The summed E-state index contributed by atoms with van der Waals surface area (Å²) in [6.07, 6.45) is 3.08. The van der Waals surface area contributed by atoms with E-state index in [1.807, 2.05) is 13.0 Å². The molecule has 1 aromatic rings. The smallest absolute Gasteiger partial charge is 0.315 e. The Hall–Kier alpha value is -1.55. The van der Waals surface area contributed by atoms with E-state index in [4.69, 9.17) is 4.74 Å². The third-order valence-electron chi connectivity index (χ3n) is 3.97. The molecule has 1 fully saturated rings. The number of nitrogens with one attached hydrogen (secondary N) is 1. The summed E-state index contributed by atoms with van der Waals surface area (Å²) in [7, 11) is 1.39. The van der Waals surface area contributed by atoms with Crippen LogP contribution in [-0.4, -0.2) is 30.3 Å². The summed E-state index contributed by atoms with van der Waals surface area (Å²) in [4.78, 5) is 12.2. The Bertz CT molecular complexity index is 452. The monoisotopic (exact) mass is 263 g/mol. The molecule has 0 aromatic heterocycles. The first-order valence-electron chi connectivity index (χ1n) is 6.69. The van der Waals surface area contributed by atoms with Crippen LogP contribution in [-0.2, 0) is 9.53 Å². The average Bonchev–Trinajstić information content (AvgIpc) is 2.41. The minimum atomic E-state index is -0.487. The maximum atomic E-state index is 12.2. The molecule has 19 heavy (non-hydrogen) atoms. The average molecular weight is 263 g/mol. The Morgan fingerprint density at radius 1 is 1.42 bits per heavy atom. The maximum absolute atomic E-state index is 12.2. The van der Waals surface area contributed by atoms with Crippen molar-refractivity contribution in [3.05, 3.63) is 29.8 Å². The predicted molar refractivity (Wildman–Crippen MR) is 73.1 cm³/mol. The third kappa shape index (κ3) is 2.73. The highest BCUT2D eigenvalue weighted by molar-refractivity contribution is 5.81. The number of carbonyl (C=O) groups is 1. The van der Waals surface area contributed by atoms with E-state index in [0.717, 1.165) is 25.8 Å². The number of esters is 1. The van der Waals surface area contributed by atoms with E-state index in [2.05, 4.69) is 5.32 Å². The Morgan fingerprint density at radius 3 is 2.74 bits per heavy atom. The summed E-state index contributed by atoms with van der Waals surface area (Å²) in [5.41, 5.74) is 0.260. The van der Waals surface area contributed by atoms with E-state index in [0.29, 0.717) is 5.56 Å². The van der Waals surface area contributed by atoms with Crippen molar-refractivity contribution in [3.8, 4) is 5.75 Å². The van der Waals surface area contributed by atoms with E-state index in [-0.39, 0.29) is 17.3 Å². The molecule has 2 N–H and O–H groups in total. The molecule has 1 saturated heterocycles. The van der Waals surface area contributed by atoms with Gasteiger partial charge in [0.2, 0.25) is 0 Å². The zero-order chi connectivity index (χ0) is 13.9. The number of methoxy groups -OCH3 is 1. The van der Waals surface area contributed by atoms with Crippen LogP contribution in [0.15, 0.2) is 24.3 Å². The molecular formula is C15H21NO3. The summed E-state index contributed by atoms with van der Waals surface area (Å²) in [6, 6.07) is 6.98. The molecule has 0 unspecified atom stereocenters. The highest BCUT2D eigenvalue weighted by Gasteiger charge is 2.42. The highest BCUT2D eigenvalue weighted by atomic mass is 16.5. The molecule has 0 aliphatic carbocycles. The number of aromatic hydroxyl groups is 1. The van der Waals surface area contributed by atoms with Crippen molar-refractivity contribution in [2.75, 3.05) is 13.7 Å². The van der Waals surface area contributed by atoms with Crippen molar-refractivity contribution >= 4 is 5.97 Å². The number of ether oxygens (including phenoxy) is 1. The van der Waals surface area contributed by atoms with Gasteiger partial charge in [0.05, 0.1) is 7.11 Å². The van der Waals surface area contributed by atoms with Crippen molar-refractivity contribution < 1.29 is 14.6 Å². The van der Waals surface area contributed by atoms with Crippen molar-refractivity contribution in [3.63, 3.8) is 0 Å². The van der Waals surface area contributed by atoms with Crippen molar-refractivity contribution in [1.29, 1.82) is 0 Å². The van der Waals surface area contributed by atoms with Crippen molar-refractivity contribution in [1.82, 2.24) is 5.32 Å². The van der Waals surface area contributed by atoms with Gasteiger partial charge >= 0.3 is 5.97 Å². The van der Waals surface area contributed by atoms with Gasteiger partial charge in [-0.25, -0.2) is 0 Å². The van der Waals surface area contributed by atoms with Gasteiger partial charge in [-0.2, -0.15) is 0 Å². The molecule has 1 aliphatic rings. The van der Waals surface area contributed by atoms with E-state index in [9.17, 15) is 9.90 Å². The first kappa shape index (κ1) is 13.9. The maximum Gasteiger partial charge on any atom is 0.315 e. The van der Waals surface area contributed by atoms with E-state index >= 15 is 0 Å². The number of benzene rings is 1. The summed E-state index contributed by atoms with van der Waals surface area (Å²) >= 11 is 0. The number of rotatable bonds is 3. The van der Waals surface area contributed by atoms with Crippen LogP contribution in [0.4, 0.5) is 0 Å². The van der Waals surface area contributed by atoms with Gasteiger partial charge < -0.3 is 15.2 Å². The van der Waals surface area contributed by atoms with Gasteiger partial charge in [0, 0.05) is 11.1 Å². The molecule has 1 aromatic carbocycles. The SMILES string of the molecule is COC(=O)[C@H](c1ccccc1O)[C@@]1(C)CCCCN1. The van der Waals surface area contributed by atoms with Crippen LogP contribution in [0, 0.1) is 0 Å². The lowest BCUT2D eigenvalue weighted by Crippen LogP contribution is -2.53. The molecule has 4 heteroatoms. The quantitative estimate of drug-likeness (QED) is 0.821. The zero-order valence-corrected chi connectivity index (χ0v) is 11.5. The molecule has 2 atom stereocenters. The zero-order valence-electron chi connectivity index (χ0n) is 11.5. The molecule has 0 radical (unpaired) electrons. The molecule has 0 bridgehead atoms. The van der Waals surface area contributed by atoms with Gasteiger partial charge in [-0.15, -0.1) is 0 Å². The molecule has 2 rings (SSSR count). The second-order valence-electron chi connectivity index (χ2n) is 5.32. The van der Waals surface area contributed by atoms with Gasteiger partial charge in [0.1, 0.15) is 11.7 Å². The molecule has 1 aliphatic heterocycles. The summed E-state index contributed by atoms with van der Waals surface area (Å²) in [5, 5.41) is 13.5. The predicted octanol–water partition coefficient (Wildman–Crippen LogP) is 2.18. The topological polar surface area (TPSA) is 58.6 Å². The number of piperidine rings is 1. The van der Waals surface area contributed by atoms with Crippen LogP contribution in [0.1, 0.15) is 37.7 Å². The number of carbonyl (C=O) groups excluding carboxylic acids is 1. The Kier molecular flexibility index (Phi) is 4.10. The fourth-order valence-electron chi connectivity index (χ4n) is 2.91. The van der Waals surface area contributed by atoms with Gasteiger partial charge in [-0.1, -0.05) is 24.6 Å². The number of phenols is 1. The van der Waals surface area contributed by atoms with Gasteiger partial charge in [-0.3, -0.25) is 4.79 Å². The van der Waals surface area contributed by atoms with E-state index in [1.165, 1.54) is 7.11 Å². The lowest BCUT2D eigenvalue weighted by molar-refractivity contribution is -0.144. The largest absolute Gasteiger partial charge is 0.508 e. The van der Waals surface area contributed by atoms with Crippen LogP contribution >= 0.6 is 0 Å². The minimum absolute atomic E-state index is 0.145. The lowest BCUT2D eigenvalue weighted by Gasteiger charge is -2.40. The van der Waals surface area contributed by atoms with Crippen LogP contribution < -0.4 is 5.32 Å². The number of hydrogen-bond donors (Lipinski definition) is 2. The molecule has 1 heterocycles. The van der Waals surface area contributed by atoms with Crippen LogP contribution in [0.3, 0.4) is 0 Å². The lowest BCUT2D eigenvalue weighted by atomic mass is 9.75. The number of hydrogen-bond acceptors (Lipinski definition) is 4. The normalized spacial score (nSPS) is 24.7. The highest BCUT2D eigenvalue weighted by Crippen LogP contribution is 2.38. The minimum Gasteiger partial charge on any atom is -0.508 e. The standard InChI is InChI=1S/C15H21NO3/c1-15(9-5-6-10-16-15)13(14(18)19-2)11-7-3-4-8-12(11)17/h3-4,7-8,13,16-17H,5-6,9-10H2,1-2H3/t13-,15+/m0/s1. The summed E-state index contributed by atoms with van der Waals surface area (Å²) in [5.74, 6) is -0.649. The van der Waals surface area contributed by atoms with Gasteiger partial charge in [0.15, 0.2) is 0 Å². The third-order valence-corrected chi connectivity index (χ3v) is 3.97. The Labute approximate surface area is 113 Å². The molecule has 4 nitrogen and oxygen atoms in total. The van der Waals surface area contributed by atoms with Gasteiger partial charge in [0.25, 0.3) is 0 Å². The van der Waals surface area contributed by atoms with Crippen molar-refractivity contribution in [2.24, 2.45) is 0 Å². The molecular weight excluding hydrogens is 242 g/mol. The first-order valence-corrected chi connectivity index (χ1v) is 6.69. The molecule has 104 valence electrons. The fraction of sp³-hybridized carbons (Fsp3) is 0.533. The summed E-state index contributed by atoms with van der Waals surface area (Å²) in [6.45, 7) is 2.91. The number of phenolic OH excluding ortho intramolecular Hbond substituents is 1. The molecule has 0 spiro atoms. The first-order chi connectivity index (χ1) is 9.08. The molecule has 0 amide bonds. The number of para-hydroxylation sites is 1. The van der Waals surface area contributed by atoms with Gasteiger partial charge in [-0.05, 0) is 32.4 Å². The van der Waals surface area contributed by atoms with E-state index in [1.54, 1.807) is 18.2 Å². The Morgan fingerprint density at radius 2 is 2.16 bits per heavy atom. The second-order valence-corrected chi connectivity index (χ2v) is 5.32. The van der Waals surface area contributed by atoms with Crippen LogP contribution in [0.2, 0.25) is 0 Å². The van der Waals surface area contributed by atoms with Crippen LogP contribution in [0.25, 0.3) is 0 Å². The van der Waals surface area contributed by atoms with Crippen molar-refractivity contribution in [2.45, 2.75) is 37.6 Å².